The van der Waals surface area contributed by atoms with Gasteiger partial charge >= 0.3 is 0 Å². The van der Waals surface area contributed by atoms with Crippen LogP contribution < -0.4 is 0 Å². The Balaban J connectivity index is 2.44. The van der Waals surface area contributed by atoms with Gasteiger partial charge in [-0.15, -0.1) is 5.92 Å². The lowest BCUT2D eigenvalue weighted by Crippen LogP contribution is -1.83. The summed E-state index contributed by atoms with van der Waals surface area (Å²) in [6.45, 7) is 1.86. The van der Waals surface area contributed by atoms with Gasteiger partial charge in [0.15, 0.2) is 0 Å². The number of aromatic nitrogens is 1. The van der Waals surface area contributed by atoms with Gasteiger partial charge in [0, 0.05) is 18.0 Å². The molecule has 0 N–H and O–H groups in total. The normalized spacial score (nSPS) is 9.50. The van der Waals surface area contributed by atoms with E-state index >= 15 is 0 Å². The van der Waals surface area contributed by atoms with Gasteiger partial charge in [-0.1, -0.05) is 18.1 Å². The molecule has 0 spiro atoms. The van der Waals surface area contributed by atoms with Gasteiger partial charge in [0.2, 0.25) is 0 Å². The molecule has 1 aromatic heterocycles. The third kappa shape index (κ3) is 1.75. The molecule has 1 heterocycles. The van der Waals surface area contributed by atoms with Crippen LogP contribution in [0.25, 0.3) is 10.9 Å². The van der Waals surface area contributed by atoms with Crippen LogP contribution in [0.4, 0.5) is 0 Å². The predicted molar refractivity (Wildman–Crippen MR) is 58.9 cm³/mol. The third-order valence-corrected chi connectivity index (χ3v) is 2.14. The molecule has 68 valence electrons. The molecular formula is C13H11N. The Bertz CT molecular complexity index is 503. The van der Waals surface area contributed by atoms with Gasteiger partial charge in [-0.3, -0.25) is 4.98 Å². The Kier molecular flexibility index (Phi) is 2.46. The number of fused-ring (bicyclic) bond motifs is 1. The molecule has 2 rings (SSSR count). The highest BCUT2D eigenvalue weighted by Gasteiger charge is 1.94. The maximum absolute atomic E-state index is 4.27. The van der Waals surface area contributed by atoms with Crippen molar-refractivity contribution in [3.63, 3.8) is 0 Å². The van der Waals surface area contributed by atoms with Crippen LogP contribution in [-0.4, -0.2) is 4.98 Å². The topological polar surface area (TPSA) is 12.9 Å². The summed E-state index contributed by atoms with van der Waals surface area (Å²) in [6.07, 6.45) is 2.63. The van der Waals surface area contributed by atoms with E-state index in [0.717, 1.165) is 11.9 Å². The Morgan fingerprint density at radius 3 is 3.07 bits per heavy atom. The fraction of sp³-hybridized carbons (Fsp3) is 0.154. The van der Waals surface area contributed by atoms with Gasteiger partial charge in [-0.05, 0) is 30.7 Å². The molecule has 0 bridgehead atoms. The second-order valence-electron chi connectivity index (χ2n) is 3.13. The summed E-state index contributed by atoms with van der Waals surface area (Å²) in [7, 11) is 0. The first kappa shape index (κ1) is 8.77. The largest absolute Gasteiger partial charge is 0.256 e. The first-order valence-corrected chi connectivity index (χ1v) is 4.63. The Morgan fingerprint density at radius 2 is 2.21 bits per heavy atom. The molecule has 1 aromatic carbocycles. The lowest BCUT2D eigenvalue weighted by Gasteiger charge is -1.98. The maximum Gasteiger partial charge on any atom is 0.0702 e. The molecule has 1 nitrogen and oxygen atoms in total. The maximum atomic E-state index is 4.27. The molecule has 1 heteroatoms. The van der Waals surface area contributed by atoms with Gasteiger partial charge in [0.05, 0.1) is 5.52 Å². The van der Waals surface area contributed by atoms with Crippen molar-refractivity contribution in [1.29, 1.82) is 0 Å². The lowest BCUT2D eigenvalue weighted by molar-refractivity contribution is 1.32. The van der Waals surface area contributed by atoms with Crippen molar-refractivity contribution in [3.05, 3.63) is 42.1 Å². The number of rotatable bonds is 1. The van der Waals surface area contributed by atoms with Gasteiger partial charge in [0.25, 0.3) is 0 Å². The van der Waals surface area contributed by atoms with E-state index < -0.39 is 0 Å². The summed E-state index contributed by atoms with van der Waals surface area (Å²) in [6, 6.07) is 10.3. The molecule has 0 aliphatic heterocycles. The summed E-state index contributed by atoms with van der Waals surface area (Å²) < 4.78 is 0. The zero-order chi connectivity index (χ0) is 9.80. The molecule has 0 aliphatic carbocycles. The van der Waals surface area contributed by atoms with Gasteiger partial charge < -0.3 is 0 Å². The number of hydrogen-bond donors (Lipinski definition) is 0. The molecule has 2 aromatic rings. The number of benzene rings is 1. The van der Waals surface area contributed by atoms with Crippen molar-refractivity contribution < 1.29 is 0 Å². The Labute approximate surface area is 83.8 Å². The third-order valence-electron chi connectivity index (χ3n) is 2.14. The molecule has 0 aliphatic rings. The van der Waals surface area contributed by atoms with Crippen molar-refractivity contribution in [3.8, 4) is 11.8 Å². The van der Waals surface area contributed by atoms with Crippen LogP contribution in [0.3, 0.4) is 0 Å². The fourth-order valence-electron chi connectivity index (χ4n) is 1.43. The van der Waals surface area contributed by atoms with Crippen molar-refractivity contribution in [2.75, 3.05) is 0 Å². The molecule has 0 saturated carbocycles. The van der Waals surface area contributed by atoms with E-state index in [1.807, 2.05) is 25.3 Å². The minimum absolute atomic E-state index is 0.821. The highest BCUT2D eigenvalue weighted by Crippen LogP contribution is 2.13. The second-order valence-corrected chi connectivity index (χ2v) is 3.13. The van der Waals surface area contributed by atoms with E-state index in [4.69, 9.17) is 0 Å². The first-order valence-electron chi connectivity index (χ1n) is 4.63. The standard InChI is InChI=1S/C13H11N/c1-2-3-5-11-7-8-13-12(10-11)6-4-9-14-13/h4,6-10H,5H2,1H3. The molecule has 0 saturated heterocycles. The van der Waals surface area contributed by atoms with Gasteiger partial charge in [0.1, 0.15) is 0 Å². The van der Waals surface area contributed by atoms with Crippen LogP contribution in [0.5, 0.6) is 0 Å². The van der Waals surface area contributed by atoms with E-state index in [-0.39, 0.29) is 0 Å². The van der Waals surface area contributed by atoms with Crippen LogP contribution in [0, 0.1) is 11.8 Å². The predicted octanol–water partition coefficient (Wildman–Crippen LogP) is 2.80. The van der Waals surface area contributed by atoms with E-state index in [1.54, 1.807) is 0 Å². The van der Waals surface area contributed by atoms with Crippen LogP contribution >= 0.6 is 0 Å². The van der Waals surface area contributed by atoms with Gasteiger partial charge in [-0.2, -0.15) is 0 Å². The van der Waals surface area contributed by atoms with Crippen LogP contribution in [0.15, 0.2) is 36.5 Å². The van der Waals surface area contributed by atoms with Gasteiger partial charge in [-0.25, -0.2) is 0 Å². The zero-order valence-electron chi connectivity index (χ0n) is 8.12. The van der Waals surface area contributed by atoms with E-state index in [1.165, 1.54) is 10.9 Å². The van der Waals surface area contributed by atoms with Crippen molar-refractivity contribution in [2.24, 2.45) is 0 Å². The van der Waals surface area contributed by atoms with Crippen molar-refractivity contribution in [1.82, 2.24) is 4.98 Å². The summed E-state index contributed by atoms with van der Waals surface area (Å²) in [5.74, 6) is 5.96. The number of hydrogen-bond acceptors (Lipinski definition) is 1. The van der Waals surface area contributed by atoms with Crippen LogP contribution in [0.1, 0.15) is 12.5 Å². The highest BCUT2D eigenvalue weighted by atomic mass is 14.6. The quantitative estimate of drug-likeness (QED) is 0.616. The van der Waals surface area contributed by atoms with Crippen LogP contribution in [-0.2, 0) is 6.42 Å². The number of pyridine rings is 1. The minimum Gasteiger partial charge on any atom is -0.256 e. The molecule has 0 fully saturated rings. The number of nitrogens with zero attached hydrogens (tertiary/aromatic N) is 1. The molecular weight excluding hydrogens is 170 g/mol. The minimum atomic E-state index is 0.821. The highest BCUT2D eigenvalue weighted by molar-refractivity contribution is 5.78. The van der Waals surface area contributed by atoms with Crippen LogP contribution in [0.2, 0.25) is 0 Å². The molecule has 0 unspecified atom stereocenters. The molecule has 0 amide bonds. The summed E-state index contributed by atoms with van der Waals surface area (Å²) in [5, 5.41) is 1.18. The lowest BCUT2D eigenvalue weighted by atomic mass is 10.1. The monoisotopic (exact) mass is 181 g/mol. The van der Waals surface area contributed by atoms with E-state index in [0.29, 0.717) is 0 Å². The average Bonchev–Trinajstić information content (AvgIpc) is 2.26. The Hall–Kier alpha value is -1.81. The summed E-state index contributed by atoms with van der Waals surface area (Å²) in [4.78, 5) is 4.27. The summed E-state index contributed by atoms with van der Waals surface area (Å²) in [5.41, 5.74) is 2.29. The average molecular weight is 181 g/mol. The smallest absolute Gasteiger partial charge is 0.0702 e. The van der Waals surface area contributed by atoms with E-state index in [2.05, 4.69) is 35.0 Å². The molecule has 0 radical (unpaired) electrons. The second kappa shape index (κ2) is 3.93. The summed E-state index contributed by atoms with van der Waals surface area (Å²) >= 11 is 0. The SMILES string of the molecule is CC#CCc1ccc2ncccc2c1. The Morgan fingerprint density at radius 1 is 1.29 bits per heavy atom. The van der Waals surface area contributed by atoms with Crippen molar-refractivity contribution in [2.45, 2.75) is 13.3 Å². The fourth-order valence-corrected chi connectivity index (χ4v) is 1.43. The first-order chi connectivity index (χ1) is 6.90. The zero-order valence-corrected chi connectivity index (χ0v) is 8.12. The molecule has 14 heavy (non-hydrogen) atoms. The van der Waals surface area contributed by atoms with Crippen molar-refractivity contribution >= 4 is 10.9 Å². The molecule has 0 atom stereocenters. The van der Waals surface area contributed by atoms with E-state index in [9.17, 15) is 0 Å².